The molecule has 0 aliphatic heterocycles. The van der Waals surface area contributed by atoms with Crippen molar-refractivity contribution in [3.05, 3.63) is 29.6 Å². The number of benzene rings is 1. The second kappa shape index (κ2) is 5.29. The standard InChI is InChI=1S/C15H21FN2O/c1-10-4-3-7-15(17,9-10)14(19)18-12-5-6-13(16)11(2)8-12/h5-6,8,10H,3-4,7,9,17H2,1-2H3,(H,18,19). The van der Waals surface area contributed by atoms with E-state index in [0.717, 1.165) is 12.8 Å². The summed E-state index contributed by atoms with van der Waals surface area (Å²) in [4.78, 5) is 12.3. The zero-order chi connectivity index (χ0) is 14.0. The van der Waals surface area contributed by atoms with Crippen LogP contribution in [0, 0.1) is 18.7 Å². The topological polar surface area (TPSA) is 55.1 Å². The third kappa shape index (κ3) is 3.13. The number of hydrogen-bond acceptors (Lipinski definition) is 2. The summed E-state index contributed by atoms with van der Waals surface area (Å²) >= 11 is 0. The van der Waals surface area contributed by atoms with E-state index in [-0.39, 0.29) is 11.7 Å². The predicted molar refractivity (Wildman–Crippen MR) is 74.3 cm³/mol. The number of amides is 1. The molecule has 1 aromatic carbocycles. The van der Waals surface area contributed by atoms with E-state index in [4.69, 9.17) is 5.73 Å². The molecule has 1 fully saturated rings. The van der Waals surface area contributed by atoms with Crippen molar-refractivity contribution in [3.63, 3.8) is 0 Å². The molecule has 0 bridgehead atoms. The molecular weight excluding hydrogens is 243 g/mol. The van der Waals surface area contributed by atoms with Gasteiger partial charge in [-0.1, -0.05) is 19.8 Å². The number of nitrogens with two attached hydrogens (primary N) is 1. The maximum absolute atomic E-state index is 13.2. The summed E-state index contributed by atoms with van der Waals surface area (Å²) in [5.74, 6) is 0.0382. The number of carbonyl (C=O) groups excluding carboxylic acids is 1. The van der Waals surface area contributed by atoms with Crippen molar-refractivity contribution in [3.8, 4) is 0 Å². The van der Waals surface area contributed by atoms with Gasteiger partial charge >= 0.3 is 0 Å². The lowest BCUT2D eigenvalue weighted by molar-refractivity contribution is -0.122. The van der Waals surface area contributed by atoms with Crippen molar-refractivity contribution in [1.82, 2.24) is 0 Å². The Morgan fingerprint density at radius 3 is 2.89 bits per heavy atom. The van der Waals surface area contributed by atoms with Gasteiger partial charge in [0.05, 0.1) is 5.54 Å². The third-order valence-electron chi connectivity index (χ3n) is 3.90. The Bertz CT molecular complexity index is 489. The Balaban J connectivity index is 2.09. The first kappa shape index (κ1) is 14.0. The molecule has 1 saturated carbocycles. The first-order chi connectivity index (χ1) is 8.90. The Kier molecular flexibility index (Phi) is 3.90. The summed E-state index contributed by atoms with van der Waals surface area (Å²) < 4.78 is 13.2. The Morgan fingerprint density at radius 1 is 1.53 bits per heavy atom. The molecule has 1 aromatic rings. The smallest absolute Gasteiger partial charge is 0.244 e. The van der Waals surface area contributed by atoms with Gasteiger partial charge < -0.3 is 11.1 Å². The van der Waals surface area contributed by atoms with Crippen LogP contribution < -0.4 is 11.1 Å². The fourth-order valence-corrected chi connectivity index (χ4v) is 2.78. The molecule has 19 heavy (non-hydrogen) atoms. The highest BCUT2D eigenvalue weighted by Crippen LogP contribution is 2.31. The highest BCUT2D eigenvalue weighted by atomic mass is 19.1. The fourth-order valence-electron chi connectivity index (χ4n) is 2.78. The molecule has 2 rings (SSSR count). The molecule has 1 aliphatic carbocycles. The minimum absolute atomic E-state index is 0.162. The lowest BCUT2D eigenvalue weighted by Gasteiger charge is -2.35. The molecule has 1 aliphatic rings. The zero-order valence-corrected chi connectivity index (χ0v) is 11.5. The minimum Gasteiger partial charge on any atom is -0.324 e. The Hall–Kier alpha value is -1.42. The molecule has 3 N–H and O–H groups in total. The Morgan fingerprint density at radius 2 is 2.26 bits per heavy atom. The number of hydrogen-bond donors (Lipinski definition) is 2. The van der Waals surface area contributed by atoms with Gasteiger partial charge in [0.25, 0.3) is 0 Å². The predicted octanol–water partition coefficient (Wildman–Crippen LogP) is 2.98. The number of anilines is 1. The van der Waals surface area contributed by atoms with Gasteiger partial charge in [0.15, 0.2) is 0 Å². The van der Waals surface area contributed by atoms with Crippen molar-refractivity contribution in [2.45, 2.75) is 45.1 Å². The molecule has 2 atom stereocenters. The lowest BCUT2D eigenvalue weighted by atomic mass is 9.76. The van der Waals surface area contributed by atoms with Crippen LogP contribution in [-0.4, -0.2) is 11.4 Å². The van der Waals surface area contributed by atoms with E-state index in [0.29, 0.717) is 30.0 Å². The molecule has 3 nitrogen and oxygen atoms in total. The van der Waals surface area contributed by atoms with Crippen molar-refractivity contribution in [2.24, 2.45) is 11.7 Å². The molecule has 0 saturated heterocycles. The maximum atomic E-state index is 13.2. The van der Waals surface area contributed by atoms with Crippen LogP contribution in [0.25, 0.3) is 0 Å². The van der Waals surface area contributed by atoms with Gasteiger partial charge in [0.1, 0.15) is 5.82 Å². The normalized spacial score (nSPS) is 27.1. The van der Waals surface area contributed by atoms with Crippen molar-refractivity contribution < 1.29 is 9.18 Å². The number of carbonyl (C=O) groups is 1. The van der Waals surface area contributed by atoms with Crippen LogP contribution in [0.3, 0.4) is 0 Å². The van der Waals surface area contributed by atoms with Gasteiger partial charge in [-0.15, -0.1) is 0 Å². The van der Waals surface area contributed by atoms with E-state index in [1.807, 2.05) is 0 Å². The van der Waals surface area contributed by atoms with Crippen LogP contribution in [0.15, 0.2) is 18.2 Å². The summed E-state index contributed by atoms with van der Waals surface area (Å²) in [5.41, 5.74) is 6.55. The second-order valence-electron chi connectivity index (χ2n) is 5.78. The molecule has 0 radical (unpaired) electrons. The van der Waals surface area contributed by atoms with Crippen molar-refractivity contribution in [1.29, 1.82) is 0 Å². The van der Waals surface area contributed by atoms with Crippen LogP contribution in [0.1, 0.15) is 38.2 Å². The van der Waals surface area contributed by atoms with Gasteiger partial charge in [0.2, 0.25) is 5.91 Å². The van der Waals surface area contributed by atoms with Crippen LogP contribution in [0.2, 0.25) is 0 Å². The second-order valence-corrected chi connectivity index (χ2v) is 5.78. The van der Waals surface area contributed by atoms with E-state index in [1.165, 1.54) is 6.07 Å². The van der Waals surface area contributed by atoms with Crippen LogP contribution in [0.4, 0.5) is 10.1 Å². The molecule has 4 heteroatoms. The molecule has 1 amide bonds. The fraction of sp³-hybridized carbons (Fsp3) is 0.533. The summed E-state index contributed by atoms with van der Waals surface area (Å²) in [6.45, 7) is 3.79. The van der Waals surface area contributed by atoms with Crippen LogP contribution >= 0.6 is 0 Å². The third-order valence-corrected chi connectivity index (χ3v) is 3.90. The average Bonchev–Trinajstić information content (AvgIpc) is 2.33. The van der Waals surface area contributed by atoms with Crippen LogP contribution in [0.5, 0.6) is 0 Å². The average molecular weight is 264 g/mol. The minimum atomic E-state index is -0.792. The highest BCUT2D eigenvalue weighted by Gasteiger charge is 2.37. The van der Waals surface area contributed by atoms with E-state index in [9.17, 15) is 9.18 Å². The van der Waals surface area contributed by atoms with Crippen molar-refractivity contribution >= 4 is 11.6 Å². The van der Waals surface area contributed by atoms with E-state index < -0.39 is 5.54 Å². The van der Waals surface area contributed by atoms with Crippen LogP contribution in [-0.2, 0) is 4.79 Å². The van der Waals surface area contributed by atoms with E-state index in [2.05, 4.69) is 12.2 Å². The molecule has 0 aromatic heterocycles. The summed E-state index contributed by atoms with van der Waals surface area (Å²) in [6, 6.07) is 4.55. The van der Waals surface area contributed by atoms with Gasteiger partial charge in [0, 0.05) is 5.69 Å². The highest BCUT2D eigenvalue weighted by molar-refractivity contribution is 5.98. The number of halogens is 1. The first-order valence-electron chi connectivity index (χ1n) is 6.77. The SMILES string of the molecule is Cc1cc(NC(=O)C2(N)CCCC(C)C2)ccc1F. The summed E-state index contributed by atoms with van der Waals surface area (Å²) in [7, 11) is 0. The number of nitrogens with one attached hydrogen (secondary N) is 1. The van der Waals surface area contributed by atoms with Gasteiger partial charge in [-0.25, -0.2) is 4.39 Å². The first-order valence-corrected chi connectivity index (χ1v) is 6.77. The van der Waals surface area contributed by atoms with Gasteiger partial charge in [-0.3, -0.25) is 4.79 Å². The zero-order valence-electron chi connectivity index (χ0n) is 11.5. The molecule has 0 heterocycles. The molecule has 104 valence electrons. The molecule has 0 spiro atoms. The monoisotopic (exact) mass is 264 g/mol. The Labute approximate surface area is 113 Å². The largest absolute Gasteiger partial charge is 0.324 e. The van der Waals surface area contributed by atoms with Gasteiger partial charge in [-0.2, -0.15) is 0 Å². The summed E-state index contributed by atoms with van der Waals surface area (Å²) in [6.07, 6.45) is 3.53. The van der Waals surface area contributed by atoms with Crippen molar-refractivity contribution in [2.75, 3.05) is 5.32 Å². The number of rotatable bonds is 2. The molecular formula is C15H21FN2O. The quantitative estimate of drug-likeness (QED) is 0.862. The van der Waals surface area contributed by atoms with E-state index >= 15 is 0 Å². The maximum Gasteiger partial charge on any atom is 0.244 e. The lowest BCUT2D eigenvalue weighted by Crippen LogP contribution is -2.53. The number of aryl methyl sites for hydroxylation is 1. The van der Waals surface area contributed by atoms with Gasteiger partial charge in [-0.05, 0) is 49.4 Å². The van der Waals surface area contributed by atoms with E-state index in [1.54, 1.807) is 19.1 Å². The summed E-state index contributed by atoms with van der Waals surface area (Å²) in [5, 5.41) is 2.81. The molecule has 2 unspecified atom stereocenters.